The molecule has 2 aromatic rings. The Morgan fingerprint density at radius 3 is 2.58 bits per heavy atom. The molecule has 1 aliphatic rings. The number of carbonyl (C=O) groups is 1. The standard InChI is InChI=1S/C22H27NO2S/c1-16(19-10-9-18-5-3-4-6-20(18)13-19)23-22(24)15-26-14-17-7-11-21(25-2)12-8-17/h7-13,16H,3-6,14-15H2,1-2H3,(H,23,24)/t16-/m0/s1. The topological polar surface area (TPSA) is 38.3 Å². The van der Waals surface area contributed by atoms with Crippen LogP contribution in [0.3, 0.4) is 0 Å². The van der Waals surface area contributed by atoms with E-state index in [-0.39, 0.29) is 11.9 Å². The van der Waals surface area contributed by atoms with Gasteiger partial charge in [0.05, 0.1) is 18.9 Å². The van der Waals surface area contributed by atoms with E-state index in [4.69, 9.17) is 4.74 Å². The molecule has 0 radical (unpaired) electrons. The van der Waals surface area contributed by atoms with Crippen LogP contribution in [0.15, 0.2) is 42.5 Å². The minimum absolute atomic E-state index is 0.0521. The number of hydrogen-bond acceptors (Lipinski definition) is 3. The highest BCUT2D eigenvalue weighted by Gasteiger charge is 2.14. The zero-order valence-corrected chi connectivity index (χ0v) is 16.4. The molecule has 0 saturated heterocycles. The second-order valence-electron chi connectivity index (χ2n) is 6.87. The zero-order valence-electron chi connectivity index (χ0n) is 15.6. The summed E-state index contributed by atoms with van der Waals surface area (Å²) in [5.41, 5.74) is 5.35. The number of amides is 1. The van der Waals surface area contributed by atoms with Crippen molar-refractivity contribution in [3.8, 4) is 5.75 Å². The van der Waals surface area contributed by atoms with Gasteiger partial charge >= 0.3 is 0 Å². The summed E-state index contributed by atoms with van der Waals surface area (Å²) in [7, 11) is 1.66. The number of nitrogens with one attached hydrogen (secondary N) is 1. The fourth-order valence-electron chi connectivity index (χ4n) is 3.37. The van der Waals surface area contributed by atoms with Crippen molar-refractivity contribution in [3.63, 3.8) is 0 Å². The average Bonchev–Trinajstić information content (AvgIpc) is 2.68. The first-order chi connectivity index (χ1) is 12.7. The number of methoxy groups -OCH3 is 1. The van der Waals surface area contributed by atoms with Gasteiger partial charge in [-0.2, -0.15) is 0 Å². The van der Waals surface area contributed by atoms with Crippen LogP contribution < -0.4 is 10.1 Å². The predicted octanol–water partition coefficient (Wildman–Crippen LogP) is 4.68. The SMILES string of the molecule is COc1ccc(CSCC(=O)N[C@@H](C)c2ccc3c(c2)CCCC3)cc1. The number of fused-ring (bicyclic) bond motifs is 1. The second-order valence-corrected chi connectivity index (χ2v) is 7.85. The molecule has 1 atom stereocenters. The van der Waals surface area contributed by atoms with Crippen LogP contribution in [0.2, 0.25) is 0 Å². The van der Waals surface area contributed by atoms with Crippen molar-refractivity contribution in [2.24, 2.45) is 0 Å². The minimum Gasteiger partial charge on any atom is -0.497 e. The third-order valence-electron chi connectivity index (χ3n) is 4.91. The van der Waals surface area contributed by atoms with Crippen molar-refractivity contribution in [3.05, 3.63) is 64.7 Å². The number of thioether (sulfide) groups is 1. The molecule has 1 aliphatic carbocycles. The molecule has 2 aromatic carbocycles. The summed E-state index contributed by atoms with van der Waals surface area (Å²) in [6.45, 7) is 2.07. The Morgan fingerprint density at radius 2 is 1.85 bits per heavy atom. The summed E-state index contributed by atoms with van der Waals surface area (Å²) in [6, 6.07) is 14.7. The lowest BCUT2D eigenvalue weighted by molar-refractivity contribution is -0.119. The Kier molecular flexibility index (Phi) is 6.62. The second kappa shape index (κ2) is 9.13. The largest absolute Gasteiger partial charge is 0.497 e. The van der Waals surface area contributed by atoms with Gasteiger partial charge < -0.3 is 10.1 Å². The van der Waals surface area contributed by atoms with Crippen molar-refractivity contribution in [2.75, 3.05) is 12.9 Å². The van der Waals surface area contributed by atoms with Gasteiger partial charge in [0.15, 0.2) is 0 Å². The van der Waals surface area contributed by atoms with E-state index in [0.717, 1.165) is 11.5 Å². The Labute approximate surface area is 160 Å². The summed E-state index contributed by atoms with van der Waals surface area (Å²) >= 11 is 1.64. The molecule has 3 rings (SSSR count). The highest BCUT2D eigenvalue weighted by molar-refractivity contribution is 7.99. The first-order valence-electron chi connectivity index (χ1n) is 9.27. The summed E-state index contributed by atoms with van der Waals surface area (Å²) in [6.07, 6.45) is 4.93. The lowest BCUT2D eigenvalue weighted by Crippen LogP contribution is -2.28. The van der Waals surface area contributed by atoms with Crippen LogP contribution in [-0.2, 0) is 23.4 Å². The molecule has 0 unspecified atom stereocenters. The van der Waals surface area contributed by atoms with E-state index in [2.05, 4.69) is 30.4 Å². The van der Waals surface area contributed by atoms with Gasteiger partial charge in [-0.1, -0.05) is 30.3 Å². The normalized spacial score (nSPS) is 14.4. The van der Waals surface area contributed by atoms with Gasteiger partial charge in [0.2, 0.25) is 5.91 Å². The van der Waals surface area contributed by atoms with Crippen molar-refractivity contribution >= 4 is 17.7 Å². The van der Waals surface area contributed by atoms with E-state index in [1.807, 2.05) is 24.3 Å². The summed E-state index contributed by atoms with van der Waals surface area (Å²) in [4.78, 5) is 12.3. The molecule has 138 valence electrons. The number of benzene rings is 2. The van der Waals surface area contributed by atoms with Crippen molar-refractivity contribution in [1.29, 1.82) is 0 Å². The Morgan fingerprint density at radius 1 is 1.12 bits per heavy atom. The first-order valence-corrected chi connectivity index (χ1v) is 10.4. The fourth-order valence-corrected chi connectivity index (χ4v) is 4.17. The van der Waals surface area contributed by atoms with Gasteiger partial charge in [0.25, 0.3) is 0 Å². The maximum Gasteiger partial charge on any atom is 0.230 e. The van der Waals surface area contributed by atoms with Crippen molar-refractivity contribution in [2.45, 2.75) is 44.4 Å². The van der Waals surface area contributed by atoms with E-state index in [1.165, 1.54) is 47.9 Å². The molecule has 1 amide bonds. The van der Waals surface area contributed by atoms with Crippen LogP contribution in [-0.4, -0.2) is 18.8 Å². The quantitative estimate of drug-likeness (QED) is 0.770. The molecule has 3 nitrogen and oxygen atoms in total. The molecule has 0 spiro atoms. The lowest BCUT2D eigenvalue weighted by Gasteiger charge is -2.20. The van der Waals surface area contributed by atoms with Gasteiger partial charge in [-0.15, -0.1) is 11.8 Å². The van der Waals surface area contributed by atoms with E-state index in [0.29, 0.717) is 5.75 Å². The van der Waals surface area contributed by atoms with Crippen molar-refractivity contribution < 1.29 is 9.53 Å². The first kappa shape index (κ1) is 18.8. The third kappa shape index (κ3) is 5.04. The Balaban J connectivity index is 1.46. The van der Waals surface area contributed by atoms with Crippen LogP contribution in [0.5, 0.6) is 5.75 Å². The smallest absolute Gasteiger partial charge is 0.230 e. The molecule has 1 N–H and O–H groups in total. The van der Waals surface area contributed by atoms with E-state index >= 15 is 0 Å². The minimum atomic E-state index is 0.0521. The maximum absolute atomic E-state index is 12.3. The summed E-state index contributed by atoms with van der Waals surface area (Å²) in [5, 5.41) is 3.13. The van der Waals surface area contributed by atoms with Gasteiger partial charge in [0.1, 0.15) is 5.75 Å². The highest BCUT2D eigenvalue weighted by Crippen LogP contribution is 2.25. The molecule has 0 aromatic heterocycles. The Bertz CT molecular complexity index is 742. The summed E-state index contributed by atoms with van der Waals surface area (Å²) in [5.74, 6) is 2.25. The number of aryl methyl sites for hydroxylation is 2. The molecule has 0 aliphatic heterocycles. The van der Waals surface area contributed by atoms with Crippen molar-refractivity contribution in [1.82, 2.24) is 5.32 Å². The maximum atomic E-state index is 12.3. The van der Waals surface area contributed by atoms with Gasteiger partial charge in [-0.05, 0) is 67.0 Å². The lowest BCUT2D eigenvalue weighted by atomic mass is 9.89. The van der Waals surface area contributed by atoms with Crippen LogP contribution in [0.25, 0.3) is 0 Å². The molecule has 0 bridgehead atoms. The van der Waals surface area contributed by atoms with Crippen LogP contribution in [0.4, 0.5) is 0 Å². The third-order valence-corrected chi connectivity index (χ3v) is 5.91. The summed E-state index contributed by atoms with van der Waals surface area (Å²) < 4.78 is 5.16. The van der Waals surface area contributed by atoms with Crippen LogP contribution in [0, 0.1) is 0 Å². The van der Waals surface area contributed by atoms with Crippen LogP contribution in [0.1, 0.15) is 48.1 Å². The molecule has 4 heteroatoms. The highest BCUT2D eigenvalue weighted by atomic mass is 32.2. The molecular formula is C22H27NO2S. The fraction of sp³-hybridized carbons (Fsp3) is 0.409. The molecule has 0 fully saturated rings. The van der Waals surface area contributed by atoms with Gasteiger partial charge in [0, 0.05) is 5.75 Å². The van der Waals surface area contributed by atoms with E-state index < -0.39 is 0 Å². The van der Waals surface area contributed by atoms with Crippen LogP contribution >= 0.6 is 11.8 Å². The number of hydrogen-bond donors (Lipinski definition) is 1. The monoisotopic (exact) mass is 369 g/mol. The molecule has 0 saturated carbocycles. The van der Waals surface area contributed by atoms with Gasteiger partial charge in [-0.25, -0.2) is 0 Å². The predicted molar refractivity (Wildman–Crippen MR) is 109 cm³/mol. The number of ether oxygens (including phenoxy) is 1. The van der Waals surface area contributed by atoms with E-state index in [9.17, 15) is 4.79 Å². The zero-order chi connectivity index (χ0) is 18.4. The Hall–Kier alpha value is -1.94. The number of rotatable bonds is 7. The van der Waals surface area contributed by atoms with E-state index in [1.54, 1.807) is 18.9 Å². The molecular weight excluding hydrogens is 342 g/mol. The molecule has 26 heavy (non-hydrogen) atoms. The number of carbonyl (C=O) groups excluding carboxylic acids is 1. The van der Waals surface area contributed by atoms with Gasteiger partial charge in [-0.3, -0.25) is 4.79 Å². The average molecular weight is 370 g/mol. The molecule has 0 heterocycles.